The summed E-state index contributed by atoms with van der Waals surface area (Å²) in [5.41, 5.74) is 3.91. The van der Waals surface area contributed by atoms with Gasteiger partial charge in [0.15, 0.2) is 16.7 Å². The van der Waals surface area contributed by atoms with Crippen molar-refractivity contribution in [1.82, 2.24) is 4.98 Å². The Morgan fingerprint density at radius 1 is 1.19 bits per heavy atom. The molecule has 4 rings (SSSR count). The van der Waals surface area contributed by atoms with Crippen LogP contribution in [0.3, 0.4) is 0 Å². The molecular weight excluding hydrogens is 431 g/mol. The van der Waals surface area contributed by atoms with E-state index in [4.69, 9.17) is 4.74 Å². The van der Waals surface area contributed by atoms with Crippen LogP contribution in [0.5, 0.6) is 5.75 Å². The van der Waals surface area contributed by atoms with Crippen molar-refractivity contribution in [3.05, 3.63) is 58.7 Å². The van der Waals surface area contributed by atoms with Crippen LogP contribution in [-0.2, 0) is 9.59 Å². The fourth-order valence-corrected chi connectivity index (χ4v) is 4.03. The number of nitrogens with zero attached hydrogens (tertiary/aromatic N) is 3. The van der Waals surface area contributed by atoms with Crippen LogP contribution in [0.1, 0.15) is 24.0 Å². The highest BCUT2D eigenvalue weighted by Crippen LogP contribution is 2.29. The number of carbonyl (C=O) groups excluding carboxylic acids is 2. The molecule has 2 heterocycles. The Hall–Kier alpha value is -3.59. The van der Waals surface area contributed by atoms with Gasteiger partial charge >= 0.3 is 0 Å². The molecule has 1 aromatic heterocycles. The van der Waals surface area contributed by atoms with Crippen molar-refractivity contribution in [3.63, 3.8) is 0 Å². The maximum absolute atomic E-state index is 14.0. The summed E-state index contributed by atoms with van der Waals surface area (Å²) in [7, 11) is 1.40. The van der Waals surface area contributed by atoms with Crippen LogP contribution in [0.25, 0.3) is 11.3 Å². The summed E-state index contributed by atoms with van der Waals surface area (Å²) in [4.78, 5) is 29.6. The van der Waals surface area contributed by atoms with E-state index in [1.807, 2.05) is 32.0 Å². The van der Waals surface area contributed by atoms with E-state index in [9.17, 15) is 14.0 Å². The third-order valence-corrected chi connectivity index (χ3v) is 5.82. The molecule has 7 nitrogen and oxygen atoms in total. The zero-order valence-corrected chi connectivity index (χ0v) is 18.6. The second-order valence-corrected chi connectivity index (χ2v) is 8.24. The van der Waals surface area contributed by atoms with Crippen LogP contribution in [0.4, 0.5) is 15.2 Å². The quantitative estimate of drug-likeness (QED) is 0.608. The van der Waals surface area contributed by atoms with Gasteiger partial charge in [0.1, 0.15) is 5.71 Å². The minimum absolute atomic E-state index is 0.149. The predicted molar refractivity (Wildman–Crippen MR) is 123 cm³/mol. The molecule has 2 aromatic carbocycles. The van der Waals surface area contributed by atoms with Gasteiger partial charge in [-0.25, -0.2) is 14.4 Å². The number of carbonyl (C=O) groups is 2. The van der Waals surface area contributed by atoms with Gasteiger partial charge < -0.3 is 4.74 Å². The minimum Gasteiger partial charge on any atom is -0.494 e. The van der Waals surface area contributed by atoms with Gasteiger partial charge in [-0.05, 0) is 49.2 Å². The molecule has 0 bridgehead atoms. The number of aryl methyl sites for hydroxylation is 2. The van der Waals surface area contributed by atoms with E-state index in [0.717, 1.165) is 11.1 Å². The third-order valence-electron chi connectivity index (χ3n) is 5.06. The lowest BCUT2D eigenvalue weighted by atomic mass is 10.1. The highest BCUT2D eigenvalue weighted by molar-refractivity contribution is 7.14. The van der Waals surface area contributed by atoms with E-state index in [-0.39, 0.29) is 30.2 Å². The zero-order chi connectivity index (χ0) is 22.8. The van der Waals surface area contributed by atoms with E-state index >= 15 is 0 Å². The molecule has 0 radical (unpaired) electrons. The number of hydrogen-bond acceptors (Lipinski definition) is 6. The van der Waals surface area contributed by atoms with E-state index in [1.165, 1.54) is 35.6 Å². The first-order valence-electron chi connectivity index (χ1n) is 9.94. The number of hydrazone groups is 1. The molecule has 164 valence electrons. The monoisotopic (exact) mass is 452 g/mol. The number of nitrogens with one attached hydrogen (secondary N) is 1. The van der Waals surface area contributed by atoms with Crippen LogP contribution in [-0.4, -0.2) is 29.6 Å². The van der Waals surface area contributed by atoms with Crippen molar-refractivity contribution in [2.75, 3.05) is 17.4 Å². The van der Waals surface area contributed by atoms with Crippen LogP contribution >= 0.6 is 11.3 Å². The Balaban J connectivity index is 1.53. The molecule has 2 amide bonds. The molecule has 0 fully saturated rings. The summed E-state index contributed by atoms with van der Waals surface area (Å²) in [6.45, 7) is 3.83. The van der Waals surface area contributed by atoms with Gasteiger partial charge in [0.25, 0.3) is 5.91 Å². The summed E-state index contributed by atoms with van der Waals surface area (Å²) >= 11 is 1.22. The smallest absolute Gasteiger partial charge is 0.273 e. The lowest BCUT2D eigenvalue weighted by Crippen LogP contribution is -2.36. The Labute approximate surface area is 188 Å². The molecular formula is C23H21FN4O3S. The number of halogens is 1. The predicted octanol–water partition coefficient (Wildman–Crippen LogP) is 4.70. The molecule has 1 aliphatic heterocycles. The third kappa shape index (κ3) is 4.38. The first-order valence-corrected chi connectivity index (χ1v) is 10.8. The Morgan fingerprint density at radius 2 is 2.00 bits per heavy atom. The average Bonchev–Trinajstić information content (AvgIpc) is 3.24. The molecule has 0 unspecified atom stereocenters. The van der Waals surface area contributed by atoms with Crippen molar-refractivity contribution >= 4 is 39.7 Å². The minimum atomic E-state index is -0.489. The molecule has 1 N–H and O–H groups in total. The number of ether oxygens (including phenoxy) is 1. The molecule has 0 aliphatic carbocycles. The fourth-order valence-electron chi connectivity index (χ4n) is 3.31. The Kier molecular flexibility index (Phi) is 6.00. The van der Waals surface area contributed by atoms with Crippen LogP contribution < -0.4 is 15.1 Å². The standard InChI is InChI=1S/C23H21FN4O3S/c1-13-4-5-14(2)19(10-13)28-21(29)9-7-17(27-28)22(30)26-23-25-18(12-32-23)15-6-8-20(31-3)16(24)11-15/h4-6,8,10-12H,7,9H2,1-3H3,(H,25,26,30). The Bertz CT molecular complexity index is 1240. The maximum atomic E-state index is 14.0. The molecule has 0 saturated heterocycles. The summed E-state index contributed by atoms with van der Waals surface area (Å²) in [5.74, 6) is -0.921. The van der Waals surface area contributed by atoms with Crippen molar-refractivity contribution in [2.45, 2.75) is 26.7 Å². The number of rotatable bonds is 5. The fraction of sp³-hybridized carbons (Fsp3) is 0.217. The largest absolute Gasteiger partial charge is 0.494 e. The number of amides is 2. The number of thiazole rings is 1. The van der Waals surface area contributed by atoms with Crippen molar-refractivity contribution in [2.24, 2.45) is 5.10 Å². The Morgan fingerprint density at radius 3 is 2.75 bits per heavy atom. The van der Waals surface area contributed by atoms with Gasteiger partial charge in [-0.15, -0.1) is 11.3 Å². The molecule has 9 heteroatoms. The SMILES string of the molecule is COc1ccc(-c2csc(NC(=O)C3=NN(c4cc(C)ccc4C)C(=O)CC3)n2)cc1F. The topological polar surface area (TPSA) is 83.9 Å². The second kappa shape index (κ2) is 8.88. The van der Waals surface area contributed by atoms with Crippen LogP contribution in [0, 0.1) is 19.7 Å². The lowest BCUT2D eigenvalue weighted by molar-refractivity contribution is -0.118. The first kappa shape index (κ1) is 21.6. The molecule has 3 aromatic rings. The summed E-state index contributed by atoms with van der Waals surface area (Å²) < 4.78 is 18.9. The van der Waals surface area contributed by atoms with Gasteiger partial charge in [-0.2, -0.15) is 5.10 Å². The second-order valence-electron chi connectivity index (χ2n) is 7.38. The van der Waals surface area contributed by atoms with Gasteiger partial charge in [0.05, 0.1) is 18.5 Å². The molecule has 0 spiro atoms. The average molecular weight is 453 g/mol. The highest BCUT2D eigenvalue weighted by atomic mass is 32.1. The van der Waals surface area contributed by atoms with Crippen LogP contribution in [0.15, 0.2) is 46.9 Å². The number of anilines is 2. The summed E-state index contributed by atoms with van der Waals surface area (Å²) in [6, 6.07) is 10.3. The van der Waals surface area contributed by atoms with Gasteiger partial charge in [-0.3, -0.25) is 14.9 Å². The lowest BCUT2D eigenvalue weighted by Gasteiger charge is -2.24. The number of aromatic nitrogens is 1. The molecule has 32 heavy (non-hydrogen) atoms. The number of hydrogen-bond donors (Lipinski definition) is 1. The van der Waals surface area contributed by atoms with Crippen molar-refractivity contribution in [3.8, 4) is 17.0 Å². The molecule has 0 saturated carbocycles. The van der Waals surface area contributed by atoms with E-state index < -0.39 is 11.7 Å². The number of methoxy groups -OCH3 is 1. The highest BCUT2D eigenvalue weighted by Gasteiger charge is 2.27. The van der Waals surface area contributed by atoms with Crippen molar-refractivity contribution < 1.29 is 18.7 Å². The van der Waals surface area contributed by atoms with Gasteiger partial charge in [0.2, 0.25) is 5.91 Å². The van der Waals surface area contributed by atoms with Gasteiger partial charge in [0, 0.05) is 23.8 Å². The van der Waals surface area contributed by atoms with Crippen LogP contribution in [0.2, 0.25) is 0 Å². The van der Waals surface area contributed by atoms with E-state index in [2.05, 4.69) is 15.4 Å². The zero-order valence-electron chi connectivity index (χ0n) is 17.8. The normalized spacial score (nSPS) is 13.7. The molecule has 1 aliphatic rings. The van der Waals surface area contributed by atoms with E-state index in [1.54, 1.807) is 11.4 Å². The maximum Gasteiger partial charge on any atom is 0.273 e. The summed E-state index contributed by atoms with van der Waals surface area (Å²) in [5, 5.41) is 10.4. The number of benzene rings is 2. The molecule has 0 atom stereocenters. The first-order chi connectivity index (χ1) is 15.4. The van der Waals surface area contributed by atoms with Crippen molar-refractivity contribution in [1.29, 1.82) is 0 Å². The van der Waals surface area contributed by atoms with E-state index in [0.29, 0.717) is 22.1 Å². The summed E-state index contributed by atoms with van der Waals surface area (Å²) in [6.07, 6.45) is 0.432. The van der Waals surface area contributed by atoms with Gasteiger partial charge in [-0.1, -0.05) is 12.1 Å².